The number of nitrogens with zero attached hydrogens (tertiary/aromatic N) is 2. The molecule has 3 amide bonds. The molecule has 160 valence electrons. The molecule has 1 aliphatic rings. The van der Waals surface area contributed by atoms with E-state index in [1.54, 1.807) is 43.7 Å². The van der Waals surface area contributed by atoms with Crippen LogP contribution in [0.15, 0.2) is 53.3 Å². The van der Waals surface area contributed by atoms with Gasteiger partial charge in [-0.05, 0) is 36.8 Å². The van der Waals surface area contributed by atoms with Gasteiger partial charge < -0.3 is 21.4 Å². The highest BCUT2D eigenvalue weighted by Gasteiger charge is 2.11. The van der Waals surface area contributed by atoms with Crippen LogP contribution in [0.4, 0.5) is 16.3 Å². The van der Waals surface area contributed by atoms with E-state index in [0.29, 0.717) is 22.6 Å². The number of carbonyl (C=O) groups excluding carboxylic acids is 2. The van der Waals surface area contributed by atoms with Crippen LogP contribution in [0.5, 0.6) is 0 Å². The molecule has 0 spiro atoms. The van der Waals surface area contributed by atoms with E-state index < -0.39 is 6.03 Å². The number of rotatable bonds is 7. The van der Waals surface area contributed by atoms with Crippen LogP contribution >= 0.6 is 0 Å². The number of pyridine rings is 1. The van der Waals surface area contributed by atoms with E-state index in [-0.39, 0.29) is 18.5 Å². The number of amides is 3. The Morgan fingerprint density at radius 2 is 2.13 bits per heavy atom. The van der Waals surface area contributed by atoms with Gasteiger partial charge in [0, 0.05) is 49.3 Å². The zero-order valence-corrected chi connectivity index (χ0v) is 17.4. The molecule has 0 aliphatic carbocycles. The smallest absolute Gasteiger partial charge is 0.320 e. The van der Waals surface area contributed by atoms with Crippen LogP contribution in [-0.2, 0) is 6.54 Å². The monoisotopic (exact) mass is 419 g/mol. The van der Waals surface area contributed by atoms with E-state index in [4.69, 9.17) is 5.41 Å². The number of dihydropyridines is 1. The number of anilines is 2. The normalized spacial score (nSPS) is 14.9. The quantitative estimate of drug-likeness (QED) is 0.442. The van der Waals surface area contributed by atoms with Crippen molar-refractivity contribution in [3.8, 4) is 0 Å². The van der Waals surface area contributed by atoms with Crippen molar-refractivity contribution in [3.05, 3.63) is 65.0 Å². The van der Waals surface area contributed by atoms with Crippen LogP contribution in [0.1, 0.15) is 34.8 Å². The molecule has 9 heteroatoms. The first-order valence-corrected chi connectivity index (χ1v) is 9.84. The summed E-state index contributed by atoms with van der Waals surface area (Å²) in [6, 6.07) is 8.40. The predicted molar refractivity (Wildman–Crippen MR) is 122 cm³/mol. The van der Waals surface area contributed by atoms with Crippen LogP contribution in [0.3, 0.4) is 0 Å². The van der Waals surface area contributed by atoms with Gasteiger partial charge in [0.1, 0.15) is 5.82 Å². The Kier molecular flexibility index (Phi) is 7.10. The lowest BCUT2D eigenvalue weighted by atomic mass is 10.1. The highest BCUT2D eigenvalue weighted by Crippen LogP contribution is 2.21. The van der Waals surface area contributed by atoms with Crippen molar-refractivity contribution >= 4 is 35.9 Å². The summed E-state index contributed by atoms with van der Waals surface area (Å²) in [5.41, 5.74) is 3.59. The summed E-state index contributed by atoms with van der Waals surface area (Å²) in [5, 5.41) is 18.9. The first kappa shape index (κ1) is 21.7. The maximum absolute atomic E-state index is 12.3. The van der Waals surface area contributed by atoms with Crippen LogP contribution < -0.4 is 21.3 Å². The van der Waals surface area contributed by atoms with E-state index >= 15 is 0 Å². The topological polar surface area (TPSA) is 131 Å². The summed E-state index contributed by atoms with van der Waals surface area (Å²) in [5.74, 6) is 0.141. The molecule has 5 N–H and O–H groups in total. The number of nitrogens with one attached hydrogen (secondary N) is 5. The van der Waals surface area contributed by atoms with Gasteiger partial charge in [0.2, 0.25) is 0 Å². The first-order chi connectivity index (χ1) is 15.0. The van der Waals surface area contributed by atoms with Gasteiger partial charge in [0.05, 0.1) is 17.9 Å². The predicted octanol–water partition coefficient (Wildman–Crippen LogP) is 2.92. The second-order valence-corrected chi connectivity index (χ2v) is 7.06. The van der Waals surface area contributed by atoms with Gasteiger partial charge in [-0.1, -0.05) is 12.1 Å². The number of hydrogen-bond acceptors (Lipinski definition) is 6. The molecule has 0 fully saturated rings. The number of carbonyl (C=O) groups is 2. The summed E-state index contributed by atoms with van der Waals surface area (Å²) < 4.78 is 0. The molecule has 0 saturated carbocycles. The molecular formula is C22H25N7O2. The average molecular weight is 419 g/mol. The molecule has 1 aromatic carbocycles. The largest absolute Gasteiger partial charge is 0.357 e. The van der Waals surface area contributed by atoms with E-state index in [1.165, 1.54) is 6.21 Å². The fourth-order valence-electron chi connectivity index (χ4n) is 3.06. The molecule has 3 rings (SSSR count). The number of allylic oxidation sites excluding steroid dienone is 1. The second-order valence-electron chi connectivity index (χ2n) is 7.06. The Balaban J connectivity index is 1.60. The summed E-state index contributed by atoms with van der Waals surface area (Å²) in [6.07, 6.45) is 7.22. The third kappa shape index (κ3) is 5.99. The van der Waals surface area contributed by atoms with Gasteiger partial charge in [-0.25, -0.2) is 9.78 Å². The highest BCUT2D eigenvalue weighted by molar-refractivity contribution is 5.94. The van der Waals surface area contributed by atoms with Crippen molar-refractivity contribution in [2.45, 2.75) is 25.9 Å². The minimum atomic E-state index is -0.436. The summed E-state index contributed by atoms with van der Waals surface area (Å²) in [7, 11) is 1.57. The minimum Gasteiger partial charge on any atom is -0.357 e. The van der Waals surface area contributed by atoms with Gasteiger partial charge in [0.15, 0.2) is 0 Å². The van der Waals surface area contributed by atoms with Crippen molar-refractivity contribution in [3.63, 3.8) is 0 Å². The first-order valence-electron chi connectivity index (χ1n) is 9.84. The van der Waals surface area contributed by atoms with E-state index in [1.807, 2.05) is 19.1 Å². The molecule has 0 radical (unpaired) electrons. The minimum absolute atomic E-state index is 0.186. The fourth-order valence-corrected chi connectivity index (χ4v) is 3.06. The zero-order chi connectivity index (χ0) is 22.2. The van der Waals surface area contributed by atoms with Crippen molar-refractivity contribution in [1.29, 1.82) is 5.41 Å². The number of urea groups is 1. The van der Waals surface area contributed by atoms with Crippen molar-refractivity contribution in [2.24, 2.45) is 4.99 Å². The number of aromatic nitrogens is 1. The molecule has 1 unspecified atom stereocenters. The molecular weight excluding hydrogens is 394 g/mol. The molecule has 1 aliphatic heterocycles. The van der Waals surface area contributed by atoms with Gasteiger partial charge in [-0.3, -0.25) is 15.1 Å². The van der Waals surface area contributed by atoms with E-state index in [0.717, 1.165) is 17.7 Å². The van der Waals surface area contributed by atoms with Crippen LogP contribution in [0.2, 0.25) is 0 Å². The Morgan fingerprint density at radius 3 is 2.87 bits per heavy atom. The Labute approximate surface area is 180 Å². The summed E-state index contributed by atoms with van der Waals surface area (Å²) in [4.78, 5) is 32.5. The van der Waals surface area contributed by atoms with Crippen molar-refractivity contribution in [1.82, 2.24) is 15.6 Å². The highest BCUT2D eigenvalue weighted by atomic mass is 16.2. The fraction of sp³-hybridized carbons (Fsp3) is 0.227. The Bertz CT molecular complexity index is 1050. The number of benzene rings is 1. The van der Waals surface area contributed by atoms with E-state index in [2.05, 4.69) is 31.2 Å². The lowest BCUT2D eigenvalue weighted by molar-refractivity contribution is 0.0963. The van der Waals surface area contributed by atoms with Crippen LogP contribution in [0.25, 0.3) is 0 Å². The van der Waals surface area contributed by atoms with Crippen LogP contribution in [-0.4, -0.2) is 42.4 Å². The average Bonchev–Trinajstić information content (AvgIpc) is 2.78. The van der Waals surface area contributed by atoms with Gasteiger partial charge in [0.25, 0.3) is 5.91 Å². The third-order valence-corrected chi connectivity index (χ3v) is 4.63. The third-order valence-electron chi connectivity index (χ3n) is 4.63. The SMILES string of the molecule is CNC(=O)c1cccc(CNC(=O)Nc2cc(C=N)c(NC3=CC=NC(C)C3)cn2)c1. The van der Waals surface area contributed by atoms with Gasteiger partial charge >= 0.3 is 6.03 Å². The molecule has 0 saturated heterocycles. The second kappa shape index (κ2) is 10.1. The maximum Gasteiger partial charge on any atom is 0.320 e. The van der Waals surface area contributed by atoms with Gasteiger partial charge in [-0.15, -0.1) is 0 Å². The molecule has 0 bridgehead atoms. The Hall–Kier alpha value is -4.01. The Morgan fingerprint density at radius 1 is 1.29 bits per heavy atom. The van der Waals surface area contributed by atoms with E-state index in [9.17, 15) is 9.59 Å². The van der Waals surface area contributed by atoms with Crippen molar-refractivity contribution in [2.75, 3.05) is 17.7 Å². The van der Waals surface area contributed by atoms with Crippen molar-refractivity contribution < 1.29 is 9.59 Å². The standard InChI is InChI=1S/C22H25N7O2/c1-14-8-18(6-7-25-14)28-19-13-26-20(10-17(19)11-23)29-22(31)27-12-15-4-3-5-16(9-15)21(30)24-2/h3-7,9-11,13-14,23,28H,8,12H2,1-2H3,(H,24,30)(H2,26,27,29,31). The zero-order valence-electron chi connectivity index (χ0n) is 17.4. The summed E-state index contributed by atoms with van der Waals surface area (Å²) >= 11 is 0. The maximum atomic E-state index is 12.3. The lowest BCUT2D eigenvalue weighted by Gasteiger charge is -2.17. The molecule has 9 nitrogen and oxygen atoms in total. The number of aliphatic imine (C=N–C) groups is 1. The molecule has 2 aromatic rings. The lowest BCUT2D eigenvalue weighted by Crippen LogP contribution is -2.28. The molecule has 1 atom stereocenters. The molecule has 2 heterocycles. The molecule has 1 aromatic heterocycles. The van der Waals surface area contributed by atoms with Crippen LogP contribution in [0, 0.1) is 5.41 Å². The van der Waals surface area contributed by atoms with Gasteiger partial charge in [-0.2, -0.15) is 0 Å². The number of hydrogen-bond donors (Lipinski definition) is 5. The molecule has 31 heavy (non-hydrogen) atoms. The summed E-state index contributed by atoms with van der Waals surface area (Å²) in [6.45, 7) is 2.28.